The fourth-order valence-electron chi connectivity index (χ4n) is 3.02. The van der Waals surface area contributed by atoms with Crippen molar-refractivity contribution in [3.05, 3.63) is 0 Å². The zero-order valence-electron chi connectivity index (χ0n) is 7.51. The summed E-state index contributed by atoms with van der Waals surface area (Å²) >= 11 is 0. The normalized spacial score (nSPS) is 52.3. The second kappa shape index (κ2) is 2.25. The van der Waals surface area contributed by atoms with E-state index in [4.69, 9.17) is 4.74 Å². The lowest BCUT2D eigenvalue weighted by Crippen LogP contribution is -2.44. The predicted molar refractivity (Wildman–Crippen MR) is 43.9 cm³/mol. The van der Waals surface area contributed by atoms with E-state index >= 15 is 0 Å². The van der Waals surface area contributed by atoms with Crippen LogP contribution >= 0.6 is 0 Å². The number of hydrogen-bond acceptors (Lipinski definition) is 3. The van der Waals surface area contributed by atoms with Crippen LogP contribution < -0.4 is 0 Å². The zero-order chi connectivity index (χ0) is 9.16. The van der Waals surface area contributed by atoms with Gasteiger partial charge in [0.1, 0.15) is 6.10 Å². The molecule has 3 aliphatic rings. The molecule has 0 aliphatic carbocycles. The third-order valence-electron chi connectivity index (χ3n) is 3.58. The summed E-state index contributed by atoms with van der Waals surface area (Å²) in [6.07, 6.45) is 0.165. The lowest BCUT2D eigenvalue weighted by molar-refractivity contribution is -0.132. The quantitative estimate of drug-likeness (QED) is 0.588. The molecule has 3 rings (SSSR count). The number of likely N-dealkylation sites (N-methyl/N-ethyl adjacent to an activating group) is 1. The molecule has 1 N–H and O–H groups in total. The largest absolute Gasteiger partial charge is 0.388 e. The molecule has 5 atom stereocenters. The van der Waals surface area contributed by atoms with Gasteiger partial charge in [-0.15, -0.1) is 0 Å². The number of amides is 1. The molecule has 0 aromatic heterocycles. The second-order valence-electron chi connectivity index (χ2n) is 4.09. The van der Waals surface area contributed by atoms with Gasteiger partial charge in [0, 0.05) is 6.54 Å². The fourth-order valence-corrected chi connectivity index (χ4v) is 3.02. The van der Waals surface area contributed by atoms with Gasteiger partial charge < -0.3 is 14.7 Å². The van der Waals surface area contributed by atoms with Crippen molar-refractivity contribution in [1.82, 2.24) is 4.90 Å². The van der Waals surface area contributed by atoms with Crippen molar-refractivity contribution in [1.29, 1.82) is 0 Å². The van der Waals surface area contributed by atoms with Crippen LogP contribution in [0.3, 0.4) is 0 Å². The van der Waals surface area contributed by atoms with E-state index in [9.17, 15) is 9.90 Å². The van der Waals surface area contributed by atoms with E-state index in [0.29, 0.717) is 6.54 Å². The van der Waals surface area contributed by atoms with Crippen molar-refractivity contribution >= 4 is 5.91 Å². The molecule has 0 radical (unpaired) electrons. The molecule has 0 spiro atoms. The number of carbonyl (C=O) groups excluding carboxylic acids is 1. The Morgan fingerprint density at radius 3 is 3.08 bits per heavy atom. The number of aliphatic hydroxyl groups excluding tert-OH is 1. The molecule has 72 valence electrons. The van der Waals surface area contributed by atoms with Gasteiger partial charge in [-0.25, -0.2) is 0 Å². The fraction of sp³-hybridized carbons (Fsp3) is 0.889. The van der Waals surface area contributed by atoms with Gasteiger partial charge in [0.05, 0.1) is 24.2 Å². The van der Waals surface area contributed by atoms with Gasteiger partial charge in [0.2, 0.25) is 5.91 Å². The number of fused-ring (bicyclic) bond motifs is 1. The van der Waals surface area contributed by atoms with Gasteiger partial charge in [-0.1, -0.05) is 0 Å². The topological polar surface area (TPSA) is 49.8 Å². The van der Waals surface area contributed by atoms with E-state index < -0.39 is 6.10 Å². The summed E-state index contributed by atoms with van der Waals surface area (Å²) in [7, 11) is 0. The first-order valence-electron chi connectivity index (χ1n) is 4.88. The average molecular weight is 183 g/mol. The summed E-state index contributed by atoms with van der Waals surface area (Å²) in [5.41, 5.74) is 0. The van der Waals surface area contributed by atoms with Crippen LogP contribution in [0.25, 0.3) is 0 Å². The summed E-state index contributed by atoms with van der Waals surface area (Å²) in [5.74, 6) is 0.218. The van der Waals surface area contributed by atoms with E-state index in [1.54, 1.807) is 4.90 Å². The number of likely N-dealkylation sites (tertiary alicyclic amines) is 1. The van der Waals surface area contributed by atoms with Gasteiger partial charge >= 0.3 is 0 Å². The SMILES string of the molecule is CCN1C(=O)C2CC3OC2C1C3O. The minimum absolute atomic E-state index is 0.0209. The van der Waals surface area contributed by atoms with Crippen molar-refractivity contribution in [3.63, 3.8) is 0 Å². The number of carbonyl (C=O) groups is 1. The van der Waals surface area contributed by atoms with E-state index in [0.717, 1.165) is 6.42 Å². The standard InChI is InChI=1S/C9H13NO3/c1-2-10-6-7(11)5-3-4(9(10)12)8(6)13-5/h4-8,11H,2-3H2,1H3. The summed E-state index contributed by atoms with van der Waals surface area (Å²) < 4.78 is 5.56. The van der Waals surface area contributed by atoms with E-state index in [2.05, 4.69) is 0 Å². The van der Waals surface area contributed by atoms with Gasteiger partial charge in [0.25, 0.3) is 0 Å². The Kier molecular flexibility index (Phi) is 1.34. The Balaban J connectivity index is 2.01. The monoisotopic (exact) mass is 183 g/mol. The van der Waals surface area contributed by atoms with Crippen molar-refractivity contribution in [2.45, 2.75) is 37.7 Å². The number of hydrogen-bond donors (Lipinski definition) is 1. The molecular formula is C9H13NO3. The van der Waals surface area contributed by atoms with E-state index in [1.165, 1.54) is 0 Å². The van der Waals surface area contributed by atoms with Crippen molar-refractivity contribution < 1.29 is 14.6 Å². The van der Waals surface area contributed by atoms with Gasteiger partial charge in [-0.3, -0.25) is 4.79 Å². The molecule has 5 unspecified atom stereocenters. The average Bonchev–Trinajstić information content (AvgIpc) is 2.69. The van der Waals surface area contributed by atoms with Gasteiger partial charge in [-0.2, -0.15) is 0 Å². The summed E-state index contributed by atoms with van der Waals surface area (Å²) in [5, 5.41) is 9.81. The van der Waals surface area contributed by atoms with Crippen LogP contribution in [-0.4, -0.2) is 46.8 Å². The van der Waals surface area contributed by atoms with Gasteiger partial charge in [0.15, 0.2) is 0 Å². The molecule has 3 saturated heterocycles. The van der Waals surface area contributed by atoms with Crippen molar-refractivity contribution in [2.75, 3.05) is 6.54 Å². The molecule has 4 nitrogen and oxygen atoms in total. The van der Waals surface area contributed by atoms with Crippen molar-refractivity contribution in [3.8, 4) is 0 Å². The zero-order valence-corrected chi connectivity index (χ0v) is 7.51. The first-order valence-corrected chi connectivity index (χ1v) is 4.88. The molecule has 0 saturated carbocycles. The highest BCUT2D eigenvalue weighted by molar-refractivity contribution is 5.84. The highest BCUT2D eigenvalue weighted by Crippen LogP contribution is 2.47. The Hall–Kier alpha value is -0.610. The highest BCUT2D eigenvalue weighted by Gasteiger charge is 2.63. The molecule has 3 heterocycles. The van der Waals surface area contributed by atoms with Crippen LogP contribution in [0.4, 0.5) is 0 Å². The molecule has 3 fully saturated rings. The lowest BCUT2D eigenvalue weighted by atomic mass is 9.88. The smallest absolute Gasteiger partial charge is 0.228 e. The maximum absolute atomic E-state index is 11.7. The first-order chi connectivity index (χ1) is 6.24. The van der Waals surface area contributed by atoms with Crippen LogP contribution in [0.2, 0.25) is 0 Å². The molecule has 0 aromatic carbocycles. The molecule has 4 heteroatoms. The molecule has 1 amide bonds. The Morgan fingerprint density at radius 2 is 2.46 bits per heavy atom. The number of ether oxygens (including phenoxy) is 1. The molecule has 3 aliphatic heterocycles. The van der Waals surface area contributed by atoms with E-state index in [-0.39, 0.29) is 30.1 Å². The van der Waals surface area contributed by atoms with Crippen LogP contribution in [-0.2, 0) is 9.53 Å². The Morgan fingerprint density at radius 1 is 1.69 bits per heavy atom. The van der Waals surface area contributed by atoms with Crippen LogP contribution in [0, 0.1) is 5.92 Å². The molecular weight excluding hydrogens is 170 g/mol. The molecule has 0 aromatic rings. The number of rotatable bonds is 1. The van der Waals surface area contributed by atoms with Crippen LogP contribution in [0.1, 0.15) is 13.3 Å². The Labute approximate surface area is 76.5 Å². The minimum Gasteiger partial charge on any atom is -0.388 e. The predicted octanol–water partition coefficient (Wildman–Crippen LogP) is -0.635. The first kappa shape index (κ1) is 7.76. The van der Waals surface area contributed by atoms with Crippen LogP contribution in [0.15, 0.2) is 0 Å². The summed E-state index contributed by atoms with van der Waals surface area (Å²) in [6.45, 7) is 2.63. The highest BCUT2D eigenvalue weighted by atomic mass is 16.5. The maximum Gasteiger partial charge on any atom is 0.228 e. The van der Waals surface area contributed by atoms with E-state index in [1.807, 2.05) is 6.92 Å². The maximum atomic E-state index is 11.7. The van der Waals surface area contributed by atoms with Crippen LogP contribution in [0.5, 0.6) is 0 Å². The summed E-state index contributed by atoms with van der Waals surface area (Å²) in [6, 6.07) is -0.0544. The second-order valence-corrected chi connectivity index (χ2v) is 4.09. The Bertz CT molecular complexity index is 268. The van der Waals surface area contributed by atoms with Gasteiger partial charge in [-0.05, 0) is 13.3 Å². The summed E-state index contributed by atoms with van der Waals surface area (Å²) in [4.78, 5) is 13.5. The molecule has 13 heavy (non-hydrogen) atoms. The third-order valence-corrected chi connectivity index (χ3v) is 3.58. The number of aliphatic hydroxyl groups is 1. The van der Waals surface area contributed by atoms with Crippen molar-refractivity contribution in [2.24, 2.45) is 5.92 Å². The minimum atomic E-state index is -0.451. The lowest BCUT2D eigenvalue weighted by Gasteiger charge is -2.24. The third kappa shape index (κ3) is 0.718. The number of nitrogens with zero attached hydrogens (tertiary/aromatic N) is 1. The molecule has 2 bridgehead atoms.